The lowest BCUT2D eigenvalue weighted by atomic mass is 10.3. The van der Waals surface area contributed by atoms with E-state index in [1.54, 1.807) is 13.4 Å². The maximum Gasteiger partial charge on any atom is 0.184 e. The summed E-state index contributed by atoms with van der Waals surface area (Å²) >= 11 is 0. The summed E-state index contributed by atoms with van der Waals surface area (Å²) in [6, 6.07) is 0. The molecule has 0 aliphatic heterocycles. The van der Waals surface area contributed by atoms with Crippen LogP contribution >= 0.6 is 0 Å². The number of rotatable bonds is 5. The van der Waals surface area contributed by atoms with Gasteiger partial charge in [0.2, 0.25) is 0 Å². The summed E-state index contributed by atoms with van der Waals surface area (Å²) in [6.07, 6.45) is 3.43. The SMILES string of the molecule is C=C(/C=C/OC)CO[Si](C)(C)C. The van der Waals surface area contributed by atoms with Gasteiger partial charge in [0.05, 0.1) is 20.0 Å². The molecule has 3 heteroatoms. The molecule has 0 radical (unpaired) electrons. The molecule has 0 saturated heterocycles. The van der Waals surface area contributed by atoms with E-state index in [1.165, 1.54) is 0 Å². The predicted octanol–water partition coefficient (Wildman–Crippen LogP) is 2.55. The molecule has 0 rings (SSSR count). The van der Waals surface area contributed by atoms with Crippen molar-refractivity contribution in [3.63, 3.8) is 0 Å². The van der Waals surface area contributed by atoms with Crippen molar-refractivity contribution in [2.24, 2.45) is 0 Å². The summed E-state index contributed by atoms with van der Waals surface area (Å²) in [6.45, 7) is 10.9. The third kappa shape index (κ3) is 7.56. The lowest BCUT2D eigenvalue weighted by molar-refractivity contribution is 0.332. The van der Waals surface area contributed by atoms with Crippen molar-refractivity contribution in [1.29, 1.82) is 0 Å². The lowest BCUT2D eigenvalue weighted by Gasteiger charge is -2.16. The first-order valence-electron chi connectivity index (χ1n) is 3.97. The molecule has 0 bridgehead atoms. The van der Waals surface area contributed by atoms with E-state index in [2.05, 4.69) is 26.2 Å². The molecule has 0 unspecified atom stereocenters. The molecule has 0 amide bonds. The Morgan fingerprint density at radius 3 is 2.42 bits per heavy atom. The van der Waals surface area contributed by atoms with Crippen LogP contribution in [0.1, 0.15) is 0 Å². The predicted molar refractivity (Wildman–Crippen MR) is 54.6 cm³/mol. The van der Waals surface area contributed by atoms with Gasteiger partial charge >= 0.3 is 0 Å². The summed E-state index contributed by atoms with van der Waals surface area (Å²) in [4.78, 5) is 0. The Balaban J connectivity index is 3.65. The van der Waals surface area contributed by atoms with E-state index in [-0.39, 0.29) is 0 Å². The van der Waals surface area contributed by atoms with Gasteiger partial charge in [0.15, 0.2) is 8.32 Å². The van der Waals surface area contributed by atoms with Gasteiger partial charge in [0, 0.05) is 0 Å². The number of hydrogen-bond donors (Lipinski definition) is 0. The maximum atomic E-state index is 5.62. The smallest absolute Gasteiger partial charge is 0.184 e. The Bertz CT molecular complexity index is 168. The third-order valence-electron chi connectivity index (χ3n) is 1.13. The molecule has 0 aromatic carbocycles. The van der Waals surface area contributed by atoms with Crippen LogP contribution in [0.25, 0.3) is 0 Å². The van der Waals surface area contributed by atoms with Gasteiger partial charge in [-0.15, -0.1) is 0 Å². The molecule has 0 aliphatic rings. The topological polar surface area (TPSA) is 18.5 Å². The van der Waals surface area contributed by atoms with Crippen LogP contribution in [-0.4, -0.2) is 22.0 Å². The van der Waals surface area contributed by atoms with Gasteiger partial charge in [-0.25, -0.2) is 0 Å². The first-order valence-corrected chi connectivity index (χ1v) is 7.37. The van der Waals surface area contributed by atoms with E-state index in [9.17, 15) is 0 Å². The number of hydrogen-bond acceptors (Lipinski definition) is 2. The average Bonchev–Trinajstić information content (AvgIpc) is 1.95. The fourth-order valence-corrected chi connectivity index (χ4v) is 1.14. The largest absolute Gasteiger partial charge is 0.504 e. The summed E-state index contributed by atoms with van der Waals surface area (Å²) in [5, 5.41) is 0. The summed E-state index contributed by atoms with van der Waals surface area (Å²) in [5.41, 5.74) is 0.944. The zero-order valence-corrected chi connectivity index (χ0v) is 9.39. The van der Waals surface area contributed by atoms with Crippen molar-refractivity contribution in [1.82, 2.24) is 0 Å². The fourth-order valence-electron chi connectivity index (χ4n) is 0.522. The summed E-state index contributed by atoms with van der Waals surface area (Å²) in [7, 11) is 0.219. The van der Waals surface area contributed by atoms with Gasteiger partial charge in [-0.3, -0.25) is 0 Å². The minimum atomic E-state index is -1.39. The normalized spacial score (nSPS) is 12.0. The van der Waals surface area contributed by atoms with E-state index in [0.29, 0.717) is 6.61 Å². The fraction of sp³-hybridized carbons (Fsp3) is 0.556. The minimum absolute atomic E-state index is 0.607. The van der Waals surface area contributed by atoms with Gasteiger partial charge in [-0.2, -0.15) is 0 Å². The molecule has 12 heavy (non-hydrogen) atoms. The van der Waals surface area contributed by atoms with Gasteiger partial charge in [0.25, 0.3) is 0 Å². The standard InChI is InChI=1S/C9H18O2Si/c1-9(6-7-10-2)8-11-12(3,4)5/h6-7H,1,8H2,2-5H3/b7-6+. The van der Waals surface area contributed by atoms with Crippen LogP contribution in [0.5, 0.6) is 0 Å². The average molecular weight is 186 g/mol. The highest BCUT2D eigenvalue weighted by Crippen LogP contribution is 2.05. The molecule has 0 aromatic heterocycles. The number of methoxy groups -OCH3 is 1. The molecule has 0 aromatic rings. The molecule has 0 atom stereocenters. The second-order valence-corrected chi connectivity index (χ2v) is 8.11. The molecular formula is C9H18O2Si. The van der Waals surface area contributed by atoms with Crippen LogP contribution in [0.15, 0.2) is 24.5 Å². The molecule has 0 heterocycles. The summed E-state index contributed by atoms with van der Waals surface area (Å²) < 4.78 is 10.4. The van der Waals surface area contributed by atoms with Gasteiger partial charge in [-0.05, 0) is 31.3 Å². The zero-order chi connectivity index (χ0) is 9.61. The van der Waals surface area contributed by atoms with Crippen LogP contribution in [-0.2, 0) is 9.16 Å². The van der Waals surface area contributed by atoms with Crippen molar-refractivity contribution in [3.8, 4) is 0 Å². The van der Waals surface area contributed by atoms with E-state index < -0.39 is 8.32 Å². The van der Waals surface area contributed by atoms with Crippen molar-refractivity contribution in [3.05, 3.63) is 24.5 Å². The lowest BCUT2D eigenvalue weighted by Crippen LogP contribution is -2.26. The third-order valence-corrected chi connectivity index (χ3v) is 2.14. The second kappa shape index (κ2) is 5.16. The highest BCUT2D eigenvalue weighted by atomic mass is 28.4. The highest BCUT2D eigenvalue weighted by Gasteiger charge is 2.13. The monoisotopic (exact) mass is 186 g/mol. The first kappa shape index (κ1) is 11.5. The number of ether oxygens (including phenoxy) is 1. The molecule has 0 spiro atoms. The Kier molecular flexibility index (Phi) is 4.93. The van der Waals surface area contributed by atoms with E-state index in [0.717, 1.165) is 5.57 Å². The van der Waals surface area contributed by atoms with Gasteiger partial charge in [0.1, 0.15) is 0 Å². The summed E-state index contributed by atoms with van der Waals surface area (Å²) in [5.74, 6) is 0. The molecule has 2 nitrogen and oxygen atoms in total. The Hall–Kier alpha value is -0.543. The van der Waals surface area contributed by atoms with E-state index in [4.69, 9.17) is 9.16 Å². The van der Waals surface area contributed by atoms with Crippen molar-refractivity contribution in [2.75, 3.05) is 13.7 Å². The van der Waals surface area contributed by atoms with Crippen LogP contribution in [0.2, 0.25) is 19.6 Å². The van der Waals surface area contributed by atoms with Crippen molar-refractivity contribution < 1.29 is 9.16 Å². The second-order valence-electron chi connectivity index (χ2n) is 3.60. The van der Waals surface area contributed by atoms with Gasteiger partial charge in [-0.1, -0.05) is 6.58 Å². The zero-order valence-electron chi connectivity index (χ0n) is 8.39. The Morgan fingerprint density at radius 2 is 2.00 bits per heavy atom. The van der Waals surface area contributed by atoms with Crippen LogP contribution in [0, 0.1) is 0 Å². The Morgan fingerprint density at radius 1 is 1.42 bits per heavy atom. The first-order chi connectivity index (χ1) is 5.45. The van der Waals surface area contributed by atoms with Crippen LogP contribution < -0.4 is 0 Å². The van der Waals surface area contributed by atoms with Crippen LogP contribution in [0.4, 0.5) is 0 Å². The van der Waals surface area contributed by atoms with Crippen molar-refractivity contribution in [2.45, 2.75) is 19.6 Å². The molecular weight excluding hydrogens is 168 g/mol. The molecule has 0 fully saturated rings. The molecule has 0 N–H and O–H groups in total. The quantitative estimate of drug-likeness (QED) is 0.373. The highest BCUT2D eigenvalue weighted by molar-refractivity contribution is 6.69. The van der Waals surface area contributed by atoms with E-state index in [1.807, 2.05) is 6.08 Å². The Labute approximate surface area is 76.0 Å². The maximum absolute atomic E-state index is 5.62. The van der Waals surface area contributed by atoms with Crippen molar-refractivity contribution >= 4 is 8.32 Å². The van der Waals surface area contributed by atoms with E-state index >= 15 is 0 Å². The molecule has 0 saturated carbocycles. The molecule has 70 valence electrons. The minimum Gasteiger partial charge on any atom is -0.504 e. The molecule has 0 aliphatic carbocycles. The van der Waals surface area contributed by atoms with Crippen LogP contribution in [0.3, 0.4) is 0 Å². The van der Waals surface area contributed by atoms with Gasteiger partial charge < -0.3 is 9.16 Å².